The van der Waals surface area contributed by atoms with E-state index in [4.69, 9.17) is 4.74 Å². The number of carbonyl (C=O) groups excluding carboxylic acids is 1. The summed E-state index contributed by atoms with van der Waals surface area (Å²) >= 11 is 0. The third-order valence-electron chi connectivity index (χ3n) is 6.62. The number of nitrogens with zero attached hydrogens (tertiary/aromatic N) is 4. The van der Waals surface area contributed by atoms with Crippen LogP contribution in [0.1, 0.15) is 36.3 Å². The predicted molar refractivity (Wildman–Crippen MR) is 114 cm³/mol. The van der Waals surface area contributed by atoms with Gasteiger partial charge in [0.15, 0.2) is 0 Å². The Morgan fingerprint density at radius 2 is 1.90 bits per heavy atom. The Balaban J connectivity index is 1.32. The molecule has 1 aromatic heterocycles. The first-order valence-electron chi connectivity index (χ1n) is 10.9. The molecule has 1 amide bonds. The molecule has 1 aromatic carbocycles. The van der Waals surface area contributed by atoms with E-state index in [1.54, 1.807) is 0 Å². The first kappa shape index (κ1) is 19.5. The molecule has 0 bridgehead atoms. The van der Waals surface area contributed by atoms with Gasteiger partial charge in [-0.05, 0) is 18.4 Å². The number of benzene rings is 1. The molecule has 7 nitrogen and oxygen atoms in total. The minimum atomic E-state index is -0.175. The van der Waals surface area contributed by atoms with Gasteiger partial charge in [0.05, 0.1) is 18.8 Å². The van der Waals surface area contributed by atoms with Crippen LogP contribution < -0.4 is 10.2 Å². The lowest BCUT2D eigenvalue weighted by atomic mass is 9.76. The Bertz CT molecular complexity index is 869. The van der Waals surface area contributed by atoms with Crippen LogP contribution in [0.3, 0.4) is 0 Å². The molecule has 1 N–H and O–H groups in total. The minimum absolute atomic E-state index is 0.175. The number of carbonyl (C=O) groups is 1. The summed E-state index contributed by atoms with van der Waals surface area (Å²) in [6, 6.07) is 10.6. The molecule has 2 atom stereocenters. The molecule has 0 aliphatic carbocycles. The Morgan fingerprint density at radius 1 is 1.13 bits per heavy atom. The third-order valence-corrected chi connectivity index (χ3v) is 6.62. The smallest absolute Gasteiger partial charge is 0.225 e. The number of hydrogen-bond donors (Lipinski definition) is 1. The van der Waals surface area contributed by atoms with Crippen molar-refractivity contribution in [3.8, 4) is 0 Å². The van der Waals surface area contributed by atoms with Gasteiger partial charge in [-0.15, -0.1) is 0 Å². The lowest BCUT2D eigenvalue weighted by Crippen LogP contribution is -2.56. The average molecular weight is 408 g/mol. The number of anilines is 1. The highest BCUT2D eigenvalue weighted by molar-refractivity contribution is 5.78. The molecule has 0 unspecified atom stereocenters. The Labute approximate surface area is 177 Å². The number of rotatable bonds is 4. The van der Waals surface area contributed by atoms with E-state index in [0.717, 1.165) is 70.3 Å². The summed E-state index contributed by atoms with van der Waals surface area (Å²) < 4.78 is 5.41. The fourth-order valence-corrected chi connectivity index (χ4v) is 5.20. The van der Waals surface area contributed by atoms with Crippen LogP contribution in [0, 0.1) is 0 Å². The summed E-state index contributed by atoms with van der Waals surface area (Å²) in [6.07, 6.45) is 6.52. The third kappa shape index (κ3) is 3.91. The van der Waals surface area contributed by atoms with Gasteiger partial charge in [0.2, 0.25) is 11.9 Å². The van der Waals surface area contributed by atoms with Crippen molar-refractivity contribution in [3.63, 3.8) is 0 Å². The van der Waals surface area contributed by atoms with Crippen molar-refractivity contribution in [3.05, 3.63) is 53.9 Å². The molecular weight excluding hydrogens is 378 g/mol. The van der Waals surface area contributed by atoms with Gasteiger partial charge >= 0.3 is 0 Å². The molecule has 7 heteroatoms. The van der Waals surface area contributed by atoms with Crippen LogP contribution in [0.4, 0.5) is 5.95 Å². The maximum Gasteiger partial charge on any atom is 0.225 e. The van der Waals surface area contributed by atoms with Crippen LogP contribution >= 0.6 is 0 Å². The van der Waals surface area contributed by atoms with E-state index in [1.807, 2.05) is 12.4 Å². The quantitative estimate of drug-likeness (QED) is 0.836. The van der Waals surface area contributed by atoms with Gasteiger partial charge in [0.25, 0.3) is 0 Å². The molecule has 30 heavy (non-hydrogen) atoms. The molecule has 158 valence electrons. The van der Waals surface area contributed by atoms with Crippen LogP contribution in [0.25, 0.3) is 0 Å². The largest absolute Gasteiger partial charge is 0.378 e. The van der Waals surface area contributed by atoms with Gasteiger partial charge in [0, 0.05) is 63.0 Å². The summed E-state index contributed by atoms with van der Waals surface area (Å²) in [6.45, 7) is 5.73. The SMILES string of the molecule is O=C1CCC[C@]2(CN(Cc3cnc(N4CCOCC4)nc3)C[C@H]2c2ccccc2)N1. The number of aromatic nitrogens is 2. The van der Waals surface area contributed by atoms with Gasteiger partial charge in [-0.25, -0.2) is 9.97 Å². The highest BCUT2D eigenvalue weighted by Crippen LogP contribution is 2.41. The summed E-state index contributed by atoms with van der Waals surface area (Å²) in [5, 5.41) is 3.38. The normalized spacial score (nSPS) is 27.4. The lowest BCUT2D eigenvalue weighted by Gasteiger charge is -2.39. The Kier molecular flexibility index (Phi) is 5.39. The first-order valence-corrected chi connectivity index (χ1v) is 10.9. The van der Waals surface area contributed by atoms with Gasteiger partial charge in [-0.1, -0.05) is 30.3 Å². The standard InChI is InChI=1S/C23H29N5O2/c29-21-7-4-8-23(26-21)17-27(16-20(23)19-5-2-1-3-6-19)15-18-13-24-22(25-14-18)28-9-11-30-12-10-28/h1-3,5-6,13-14,20H,4,7-12,15-17H2,(H,26,29)/t20-,23+/m0/s1. The Morgan fingerprint density at radius 3 is 2.63 bits per heavy atom. The summed E-state index contributed by atoms with van der Waals surface area (Å²) in [4.78, 5) is 26.1. The second kappa shape index (κ2) is 8.32. The van der Waals surface area contributed by atoms with E-state index in [0.29, 0.717) is 12.3 Å². The number of morpholine rings is 1. The van der Waals surface area contributed by atoms with E-state index in [1.165, 1.54) is 5.56 Å². The molecular formula is C23H29N5O2. The van der Waals surface area contributed by atoms with Crippen molar-refractivity contribution in [2.75, 3.05) is 44.3 Å². The number of amides is 1. The van der Waals surface area contributed by atoms with Crippen LogP contribution in [0.2, 0.25) is 0 Å². The molecule has 0 saturated carbocycles. The van der Waals surface area contributed by atoms with E-state index < -0.39 is 0 Å². The van der Waals surface area contributed by atoms with Crippen molar-refractivity contribution in [2.24, 2.45) is 0 Å². The van der Waals surface area contributed by atoms with Crippen LogP contribution in [0.15, 0.2) is 42.7 Å². The van der Waals surface area contributed by atoms with Gasteiger partial charge in [-0.3, -0.25) is 9.69 Å². The maximum atomic E-state index is 12.3. The molecule has 0 radical (unpaired) electrons. The fraction of sp³-hybridized carbons (Fsp3) is 0.522. The minimum Gasteiger partial charge on any atom is -0.378 e. The monoisotopic (exact) mass is 407 g/mol. The zero-order valence-electron chi connectivity index (χ0n) is 17.3. The summed E-state index contributed by atoms with van der Waals surface area (Å²) in [7, 11) is 0. The molecule has 4 heterocycles. The lowest BCUT2D eigenvalue weighted by molar-refractivity contribution is -0.125. The topological polar surface area (TPSA) is 70.6 Å². The first-order chi connectivity index (χ1) is 14.7. The number of piperidine rings is 1. The highest BCUT2D eigenvalue weighted by atomic mass is 16.5. The molecule has 1 spiro atoms. The van der Waals surface area contributed by atoms with Crippen molar-refractivity contribution >= 4 is 11.9 Å². The maximum absolute atomic E-state index is 12.3. The summed E-state index contributed by atoms with van der Waals surface area (Å²) in [5.41, 5.74) is 2.24. The van der Waals surface area contributed by atoms with Gasteiger partial charge in [0.1, 0.15) is 0 Å². The predicted octanol–water partition coefficient (Wildman–Crippen LogP) is 1.95. The number of nitrogens with one attached hydrogen (secondary N) is 1. The molecule has 2 aromatic rings. The highest BCUT2D eigenvalue weighted by Gasteiger charge is 2.49. The van der Waals surface area contributed by atoms with Crippen molar-refractivity contribution in [1.82, 2.24) is 20.2 Å². The van der Waals surface area contributed by atoms with Gasteiger partial charge < -0.3 is 15.0 Å². The van der Waals surface area contributed by atoms with Crippen molar-refractivity contribution in [1.29, 1.82) is 0 Å². The number of likely N-dealkylation sites (tertiary alicyclic amines) is 1. The van der Waals surface area contributed by atoms with E-state index in [2.05, 4.69) is 55.4 Å². The Hall–Kier alpha value is -2.51. The summed E-state index contributed by atoms with van der Waals surface area (Å²) in [5.74, 6) is 1.26. The van der Waals surface area contributed by atoms with Crippen LogP contribution in [-0.4, -0.2) is 65.7 Å². The van der Waals surface area contributed by atoms with Crippen molar-refractivity contribution < 1.29 is 9.53 Å². The van der Waals surface area contributed by atoms with E-state index in [-0.39, 0.29) is 11.4 Å². The zero-order chi connectivity index (χ0) is 20.4. The van der Waals surface area contributed by atoms with Gasteiger partial charge in [-0.2, -0.15) is 0 Å². The average Bonchev–Trinajstić information content (AvgIpc) is 3.12. The number of hydrogen-bond acceptors (Lipinski definition) is 6. The second-order valence-corrected chi connectivity index (χ2v) is 8.68. The zero-order valence-corrected chi connectivity index (χ0v) is 17.3. The molecule has 3 saturated heterocycles. The molecule has 3 fully saturated rings. The molecule has 3 aliphatic heterocycles. The molecule has 3 aliphatic rings. The molecule has 5 rings (SSSR count). The second-order valence-electron chi connectivity index (χ2n) is 8.68. The van der Waals surface area contributed by atoms with Crippen molar-refractivity contribution in [2.45, 2.75) is 37.3 Å². The number of ether oxygens (including phenoxy) is 1. The van der Waals surface area contributed by atoms with Crippen LogP contribution in [-0.2, 0) is 16.1 Å². The van der Waals surface area contributed by atoms with E-state index in [9.17, 15) is 4.79 Å². The van der Waals surface area contributed by atoms with E-state index >= 15 is 0 Å². The fourth-order valence-electron chi connectivity index (χ4n) is 5.20. The van der Waals surface area contributed by atoms with Crippen LogP contribution in [0.5, 0.6) is 0 Å².